The van der Waals surface area contributed by atoms with E-state index in [1.807, 2.05) is 0 Å². The third kappa shape index (κ3) is 3.17. The van der Waals surface area contributed by atoms with Crippen molar-refractivity contribution in [2.45, 2.75) is 13.3 Å². The first-order valence-electron chi connectivity index (χ1n) is 7.69. The van der Waals surface area contributed by atoms with Crippen molar-refractivity contribution in [2.75, 3.05) is 37.7 Å². The molecular formula is C17H23N3O. The number of anilines is 1. The van der Waals surface area contributed by atoms with E-state index in [4.69, 9.17) is 15.5 Å². The van der Waals surface area contributed by atoms with Crippen LogP contribution in [-0.2, 0) is 11.2 Å². The fourth-order valence-corrected chi connectivity index (χ4v) is 2.79. The van der Waals surface area contributed by atoms with Crippen LogP contribution in [0.3, 0.4) is 0 Å². The normalized spacial score (nSPS) is 17.1. The molecule has 0 amide bonds. The third-order valence-electron chi connectivity index (χ3n) is 4.07. The van der Waals surface area contributed by atoms with Crippen LogP contribution in [0.5, 0.6) is 0 Å². The van der Waals surface area contributed by atoms with Crippen LogP contribution in [0.25, 0.3) is 10.9 Å². The Morgan fingerprint density at radius 1 is 1.24 bits per heavy atom. The maximum absolute atomic E-state index is 5.73. The molecule has 1 unspecified atom stereocenters. The largest absolute Gasteiger partial charge is 0.378 e. The third-order valence-corrected chi connectivity index (χ3v) is 4.07. The summed E-state index contributed by atoms with van der Waals surface area (Å²) >= 11 is 0. The van der Waals surface area contributed by atoms with Crippen molar-refractivity contribution in [2.24, 2.45) is 11.7 Å². The molecule has 2 N–H and O–H groups in total. The maximum atomic E-state index is 5.73. The van der Waals surface area contributed by atoms with Crippen LogP contribution >= 0.6 is 0 Å². The first-order valence-corrected chi connectivity index (χ1v) is 7.69. The lowest BCUT2D eigenvalue weighted by molar-refractivity contribution is 0.123. The molecule has 1 aromatic carbocycles. The summed E-state index contributed by atoms with van der Waals surface area (Å²) < 4.78 is 5.45. The number of hydrogen-bond donors (Lipinski definition) is 1. The lowest BCUT2D eigenvalue weighted by Gasteiger charge is -2.29. The molecule has 1 saturated heterocycles. The summed E-state index contributed by atoms with van der Waals surface area (Å²) in [5, 5.41) is 1.20. The molecule has 112 valence electrons. The summed E-state index contributed by atoms with van der Waals surface area (Å²) in [6.45, 7) is 6.32. The Bertz CT molecular complexity index is 608. The van der Waals surface area contributed by atoms with Gasteiger partial charge in [0.25, 0.3) is 0 Å². The first-order chi connectivity index (χ1) is 10.3. The second-order valence-corrected chi connectivity index (χ2v) is 5.80. The minimum atomic E-state index is 0.463. The molecule has 1 aliphatic rings. The van der Waals surface area contributed by atoms with Gasteiger partial charge in [0, 0.05) is 24.2 Å². The zero-order valence-electron chi connectivity index (χ0n) is 12.6. The number of hydrogen-bond acceptors (Lipinski definition) is 4. The number of para-hydroxylation sites is 1. The van der Waals surface area contributed by atoms with Crippen molar-refractivity contribution in [1.82, 2.24) is 4.98 Å². The predicted molar refractivity (Wildman–Crippen MR) is 86.7 cm³/mol. The minimum Gasteiger partial charge on any atom is -0.378 e. The highest BCUT2D eigenvalue weighted by Gasteiger charge is 2.15. The van der Waals surface area contributed by atoms with Crippen LogP contribution < -0.4 is 10.6 Å². The highest BCUT2D eigenvalue weighted by Crippen LogP contribution is 2.26. The Morgan fingerprint density at radius 3 is 2.81 bits per heavy atom. The van der Waals surface area contributed by atoms with Crippen LogP contribution in [0.4, 0.5) is 5.69 Å². The lowest BCUT2D eigenvalue weighted by atomic mass is 10.0. The highest BCUT2D eigenvalue weighted by atomic mass is 16.5. The topological polar surface area (TPSA) is 51.4 Å². The van der Waals surface area contributed by atoms with Crippen molar-refractivity contribution in [1.29, 1.82) is 0 Å². The van der Waals surface area contributed by atoms with Crippen LogP contribution in [-0.4, -0.2) is 37.8 Å². The second-order valence-electron chi connectivity index (χ2n) is 5.80. The highest BCUT2D eigenvalue weighted by molar-refractivity contribution is 5.91. The fraction of sp³-hybridized carbons (Fsp3) is 0.471. The molecule has 2 aromatic rings. The molecule has 2 heterocycles. The van der Waals surface area contributed by atoms with E-state index >= 15 is 0 Å². The van der Waals surface area contributed by atoms with Crippen LogP contribution in [0, 0.1) is 5.92 Å². The molecule has 0 bridgehead atoms. The summed E-state index contributed by atoms with van der Waals surface area (Å²) in [5.74, 6) is 0.463. The Kier molecular flexibility index (Phi) is 4.36. The van der Waals surface area contributed by atoms with Crippen molar-refractivity contribution in [3.8, 4) is 0 Å². The number of aromatic nitrogens is 1. The maximum Gasteiger partial charge on any atom is 0.0938 e. The fourth-order valence-electron chi connectivity index (χ4n) is 2.79. The molecule has 21 heavy (non-hydrogen) atoms. The van der Waals surface area contributed by atoms with Gasteiger partial charge in [-0.2, -0.15) is 0 Å². The summed E-state index contributed by atoms with van der Waals surface area (Å²) in [7, 11) is 0. The predicted octanol–water partition coefficient (Wildman–Crippen LogP) is 2.21. The van der Waals surface area contributed by atoms with Crippen molar-refractivity contribution >= 4 is 16.6 Å². The van der Waals surface area contributed by atoms with E-state index in [0.717, 1.165) is 43.9 Å². The van der Waals surface area contributed by atoms with E-state index in [0.29, 0.717) is 12.5 Å². The second kappa shape index (κ2) is 6.41. The van der Waals surface area contributed by atoms with Gasteiger partial charge in [-0.3, -0.25) is 4.98 Å². The van der Waals surface area contributed by atoms with Gasteiger partial charge in [0.2, 0.25) is 0 Å². The number of nitrogens with zero attached hydrogens (tertiary/aromatic N) is 2. The van der Waals surface area contributed by atoms with Crippen LogP contribution in [0.15, 0.2) is 30.3 Å². The van der Waals surface area contributed by atoms with Gasteiger partial charge in [-0.25, -0.2) is 0 Å². The first kappa shape index (κ1) is 14.3. The van der Waals surface area contributed by atoms with Gasteiger partial charge < -0.3 is 15.4 Å². The monoisotopic (exact) mass is 285 g/mol. The average Bonchev–Trinajstić information content (AvgIpc) is 2.55. The molecule has 0 saturated carbocycles. The molecule has 1 atom stereocenters. The molecule has 1 aliphatic heterocycles. The molecule has 0 radical (unpaired) electrons. The van der Waals surface area contributed by atoms with E-state index in [-0.39, 0.29) is 0 Å². The lowest BCUT2D eigenvalue weighted by Crippen LogP contribution is -2.36. The van der Waals surface area contributed by atoms with E-state index in [9.17, 15) is 0 Å². The summed E-state index contributed by atoms with van der Waals surface area (Å²) in [5.41, 5.74) is 9.17. The van der Waals surface area contributed by atoms with Gasteiger partial charge in [0.15, 0.2) is 0 Å². The van der Waals surface area contributed by atoms with E-state index in [2.05, 4.69) is 42.2 Å². The van der Waals surface area contributed by atoms with E-state index in [1.165, 1.54) is 11.1 Å². The number of morpholine rings is 1. The van der Waals surface area contributed by atoms with Crippen molar-refractivity contribution in [3.05, 3.63) is 36.0 Å². The van der Waals surface area contributed by atoms with Crippen LogP contribution in [0.2, 0.25) is 0 Å². The molecular weight excluding hydrogens is 262 g/mol. The van der Waals surface area contributed by atoms with Gasteiger partial charge in [-0.05, 0) is 31.0 Å². The van der Waals surface area contributed by atoms with Gasteiger partial charge >= 0.3 is 0 Å². The van der Waals surface area contributed by atoms with E-state index in [1.54, 1.807) is 0 Å². The summed E-state index contributed by atoms with van der Waals surface area (Å²) in [6.07, 6.45) is 0.934. The zero-order valence-corrected chi connectivity index (χ0v) is 12.6. The number of fused-ring (bicyclic) bond motifs is 1. The van der Waals surface area contributed by atoms with E-state index < -0.39 is 0 Å². The number of rotatable bonds is 4. The van der Waals surface area contributed by atoms with Crippen LogP contribution in [0.1, 0.15) is 12.6 Å². The Morgan fingerprint density at radius 2 is 2.05 bits per heavy atom. The molecule has 0 aliphatic carbocycles. The Labute approximate surface area is 125 Å². The number of nitrogens with two attached hydrogens (primary N) is 1. The van der Waals surface area contributed by atoms with Crippen molar-refractivity contribution < 1.29 is 4.74 Å². The van der Waals surface area contributed by atoms with Crippen molar-refractivity contribution in [3.63, 3.8) is 0 Å². The van der Waals surface area contributed by atoms with Gasteiger partial charge in [0.1, 0.15) is 0 Å². The standard InChI is InChI=1S/C17H23N3O/c1-13(12-18)11-15-6-5-14-3-2-4-16(17(14)19-15)20-7-9-21-10-8-20/h2-6,13H,7-12,18H2,1H3. The summed E-state index contributed by atoms with van der Waals surface area (Å²) in [6, 6.07) is 10.7. The zero-order chi connectivity index (χ0) is 14.7. The van der Waals surface area contributed by atoms with Gasteiger partial charge in [-0.15, -0.1) is 0 Å². The molecule has 1 fully saturated rings. The molecule has 4 heteroatoms. The van der Waals surface area contributed by atoms with Gasteiger partial charge in [-0.1, -0.05) is 25.1 Å². The Balaban J connectivity index is 1.97. The minimum absolute atomic E-state index is 0.463. The SMILES string of the molecule is CC(CN)Cc1ccc2cccc(N3CCOCC3)c2n1. The quantitative estimate of drug-likeness (QED) is 0.936. The average molecular weight is 285 g/mol. The molecule has 0 spiro atoms. The van der Waals surface area contributed by atoms with Gasteiger partial charge in [0.05, 0.1) is 24.4 Å². The summed E-state index contributed by atoms with van der Waals surface area (Å²) in [4.78, 5) is 7.27. The number of ether oxygens (including phenoxy) is 1. The molecule has 1 aromatic heterocycles. The number of benzene rings is 1. The molecule has 3 rings (SSSR count). The number of pyridine rings is 1. The Hall–Kier alpha value is -1.65. The smallest absolute Gasteiger partial charge is 0.0938 e. The molecule has 4 nitrogen and oxygen atoms in total.